The Morgan fingerprint density at radius 1 is 0.903 bits per heavy atom. The van der Waals surface area contributed by atoms with Crippen molar-refractivity contribution in [1.82, 2.24) is 16.0 Å². The van der Waals surface area contributed by atoms with Gasteiger partial charge in [-0.05, 0) is 38.0 Å². The van der Waals surface area contributed by atoms with Crippen molar-refractivity contribution < 1.29 is 34.2 Å². The van der Waals surface area contributed by atoms with Crippen LogP contribution < -0.4 is 27.4 Å². The third-order valence-electron chi connectivity index (χ3n) is 4.25. The van der Waals surface area contributed by atoms with Crippen LogP contribution in [0.2, 0.25) is 0 Å². The molecule has 1 rings (SSSR count). The van der Waals surface area contributed by atoms with Crippen molar-refractivity contribution in [2.45, 2.75) is 50.9 Å². The summed E-state index contributed by atoms with van der Waals surface area (Å²) in [5.41, 5.74) is 11.7. The predicted octanol–water partition coefficient (Wildman–Crippen LogP) is -2.28. The van der Waals surface area contributed by atoms with Gasteiger partial charge in [-0.2, -0.15) is 0 Å². The lowest BCUT2D eigenvalue weighted by molar-refractivity contribution is -0.141. The highest BCUT2D eigenvalue weighted by molar-refractivity contribution is 5.96. The van der Waals surface area contributed by atoms with E-state index in [1.165, 1.54) is 26.0 Å². The normalized spacial score (nSPS) is 14.4. The Balaban J connectivity index is 2.75. The molecule has 12 nitrogen and oxygen atoms in total. The van der Waals surface area contributed by atoms with E-state index in [0.29, 0.717) is 5.56 Å². The molecule has 0 saturated carbocycles. The lowest BCUT2D eigenvalue weighted by Gasteiger charge is -2.22. The average molecular weight is 437 g/mol. The molecule has 12 heteroatoms. The number of benzene rings is 1. The number of hydrogen-bond acceptors (Lipinski definition) is 7. The zero-order chi connectivity index (χ0) is 23.7. The van der Waals surface area contributed by atoms with Crippen molar-refractivity contribution in [2.24, 2.45) is 11.5 Å². The number of carboxylic acid groups (broad SMARTS) is 1. The van der Waals surface area contributed by atoms with Crippen LogP contribution in [0.5, 0.6) is 5.75 Å². The molecule has 4 unspecified atom stereocenters. The van der Waals surface area contributed by atoms with Gasteiger partial charge in [-0.15, -0.1) is 0 Å². The Hall–Kier alpha value is -3.67. The highest BCUT2D eigenvalue weighted by Crippen LogP contribution is 2.11. The van der Waals surface area contributed by atoms with Crippen LogP contribution in [0.4, 0.5) is 0 Å². The van der Waals surface area contributed by atoms with E-state index >= 15 is 0 Å². The largest absolute Gasteiger partial charge is 0.508 e. The van der Waals surface area contributed by atoms with Gasteiger partial charge in [0.15, 0.2) is 0 Å². The van der Waals surface area contributed by atoms with Crippen molar-refractivity contribution >= 4 is 29.6 Å². The molecular weight excluding hydrogens is 410 g/mol. The number of nitrogens with one attached hydrogen (secondary N) is 3. The molecule has 0 aromatic heterocycles. The zero-order valence-corrected chi connectivity index (χ0v) is 17.1. The van der Waals surface area contributed by atoms with Gasteiger partial charge in [0.1, 0.15) is 23.9 Å². The third-order valence-corrected chi connectivity index (χ3v) is 4.25. The molecule has 0 heterocycles. The molecule has 9 N–H and O–H groups in total. The fourth-order valence-electron chi connectivity index (χ4n) is 2.45. The Morgan fingerprint density at radius 2 is 1.45 bits per heavy atom. The van der Waals surface area contributed by atoms with Gasteiger partial charge in [-0.3, -0.25) is 24.0 Å². The quantitative estimate of drug-likeness (QED) is 0.200. The van der Waals surface area contributed by atoms with Crippen molar-refractivity contribution in [3.8, 4) is 5.75 Å². The number of carboxylic acids is 1. The Kier molecular flexibility index (Phi) is 9.41. The summed E-state index contributed by atoms with van der Waals surface area (Å²) in [5.74, 6) is -4.44. The van der Waals surface area contributed by atoms with Gasteiger partial charge < -0.3 is 37.6 Å². The second-order valence-electron chi connectivity index (χ2n) is 7.01. The van der Waals surface area contributed by atoms with Crippen LogP contribution in [0, 0.1) is 0 Å². The van der Waals surface area contributed by atoms with E-state index in [-0.39, 0.29) is 12.2 Å². The number of primary amides is 1. The third kappa shape index (κ3) is 8.70. The summed E-state index contributed by atoms with van der Waals surface area (Å²) in [5, 5.41) is 24.9. The number of carbonyl (C=O) groups excluding carboxylic acids is 4. The monoisotopic (exact) mass is 437 g/mol. The molecule has 1 aromatic rings. The molecule has 4 amide bonds. The number of nitrogens with two attached hydrogens (primary N) is 2. The van der Waals surface area contributed by atoms with Crippen LogP contribution in [0.1, 0.15) is 25.8 Å². The molecule has 0 bridgehead atoms. The Bertz CT molecular complexity index is 827. The lowest BCUT2D eigenvalue weighted by Crippen LogP contribution is -2.57. The molecule has 0 aliphatic heterocycles. The highest BCUT2D eigenvalue weighted by Gasteiger charge is 2.28. The van der Waals surface area contributed by atoms with E-state index in [4.69, 9.17) is 16.6 Å². The first-order valence-corrected chi connectivity index (χ1v) is 9.36. The topological polar surface area (TPSA) is 214 Å². The van der Waals surface area contributed by atoms with E-state index in [0.717, 1.165) is 0 Å². The Morgan fingerprint density at radius 3 is 1.97 bits per heavy atom. The maximum absolute atomic E-state index is 12.5. The first kappa shape index (κ1) is 25.4. The number of phenolic OH excluding ortho intramolecular Hbond substituents is 1. The van der Waals surface area contributed by atoms with Gasteiger partial charge in [-0.1, -0.05) is 12.1 Å². The van der Waals surface area contributed by atoms with Gasteiger partial charge in [0.05, 0.1) is 12.5 Å². The minimum atomic E-state index is -1.39. The summed E-state index contributed by atoms with van der Waals surface area (Å²) in [6.45, 7) is 2.56. The van der Waals surface area contributed by atoms with E-state index in [1.54, 1.807) is 12.1 Å². The van der Waals surface area contributed by atoms with E-state index in [2.05, 4.69) is 16.0 Å². The summed E-state index contributed by atoms with van der Waals surface area (Å²) in [7, 11) is 0. The van der Waals surface area contributed by atoms with Crippen molar-refractivity contribution in [3.63, 3.8) is 0 Å². The number of amides is 4. The number of hydrogen-bond donors (Lipinski definition) is 7. The molecule has 0 fully saturated rings. The maximum Gasteiger partial charge on any atom is 0.325 e. The van der Waals surface area contributed by atoms with Crippen LogP contribution in [-0.2, 0) is 30.4 Å². The minimum absolute atomic E-state index is 0.0517. The molecule has 0 saturated heterocycles. The first-order valence-electron chi connectivity index (χ1n) is 9.36. The number of rotatable bonds is 11. The lowest BCUT2D eigenvalue weighted by atomic mass is 10.0. The molecule has 0 aliphatic rings. The number of carbonyl (C=O) groups is 5. The van der Waals surface area contributed by atoms with Crippen molar-refractivity contribution in [1.29, 1.82) is 0 Å². The average Bonchev–Trinajstić information content (AvgIpc) is 2.68. The van der Waals surface area contributed by atoms with Gasteiger partial charge in [0.25, 0.3) is 0 Å². The predicted molar refractivity (Wildman–Crippen MR) is 108 cm³/mol. The zero-order valence-electron chi connectivity index (χ0n) is 17.1. The van der Waals surface area contributed by atoms with Gasteiger partial charge in [-0.25, -0.2) is 0 Å². The van der Waals surface area contributed by atoms with Gasteiger partial charge in [0, 0.05) is 0 Å². The SMILES string of the molecule is CC(NC(=O)C(C)NC(=O)C(CC(N)=O)NC(=O)C(N)Cc1ccc(O)cc1)C(=O)O. The maximum atomic E-state index is 12.5. The van der Waals surface area contributed by atoms with Crippen LogP contribution in [-0.4, -0.2) is 64.0 Å². The van der Waals surface area contributed by atoms with Gasteiger partial charge >= 0.3 is 5.97 Å². The standard InChI is InChI=1S/C19H27N5O7/c1-9(16(27)23-10(2)19(30)31)22-18(29)14(8-15(21)26)24-17(28)13(20)7-11-3-5-12(25)6-4-11/h3-6,9-10,13-14,25H,7-8,20H2,1-2H3,(H2,21,26)(H,22,29)(H,23,27)(H,24,28)(H,30,31). The van der Waals surface area contributed by atoms with Gasteiger partial charge in [0.2, 0.25) is 23.6 Å². The molecule has 4 atom stereocenters. The molecule has 0 spiro atoms. The highest BCUT2D eigenvalue weighted by atomic mass is 16.4. The molecular formula is C19H27N5O7. The van der Waals surface area contributed by atoms with Crippen LogP contribution in [0.15, 0.2) is 24.3 Å². The van der Waals surface area contributed by atoms with Crippen molar-refractivity contribution in [2.75, 3.05) is 0 Å². The number of aromatic hydroxyl groups is 1. The summed E-state index contributed by atoms with van der Waals surface area (Å²) in [6.07, 6.45) is -0.438. The fraction of sp³-hybridized carbons (Fsp3) is 0.421. The van der Waals surface area contributed by atoms with Crippen molar-refractivity contribution in [3.05, 3.63) is 29.8 Å². The minimum Gasteiger partial charge on any atom is -0.508 e. The summed E-state index contributed by atoms with van der Waals surface area (Å²) < 4.78 is 0. The van der Waals surface area contributed by atoms with Crippen LogP contribution in [0.25, 0.3) is 0 Å². The summed E-state index contributed by atoms with van der Waals surface area (Å²) in [4.78, 5) is 59.0. The molecule has 1 aromatic carbocycles. The molecule has 170 valence electrons. The Labute approximate surface area is 178 Å². The summed E-state index contributed by atoms with van der Waals surface area (Å²) in [6, 6.07) is 1.25. The molecule has 0 aliphatic carbocycles. The number of phenols is 1. The second-order valence-corrected chi connectivity index (χ2v) is 7.01. The van der Waals surface area contributed by atoms with E-state index in [9.17, 15) is 29.1 Å². The van der Waals surface area contributed by atoms with Crippen LogP contribution >= 0.6 is 0 Å². The second kappa shape index (κ2) is 11.5. The fourth-order valence-corrected chi connectivity index (χ4v) is 2.45. The first-order chi connectivity index (χ1) is 14.4. The smallest absolute Gasteiger partial charge is 0.325 e. The number of aliphatic carboxylic acids is 1. The summed E-state index contributed by atoms with van der Waals surface area (Å²) >= 11 is 0. The molecule has 31 heavy (non-hydrogen) atoms. The van der Waals surface area contributed by atoms with E-state index in [1.807, 2.05) is 0 Å². The van der Waals surface area contributed by atoms with Crippen LogP contribution in [0.3, 0.4) is 0 Å². The van der Waals surface area contributed by atoms with E-state index < -0.39 is 60.2 Å². The molecule has 0 radical (unpaired) electrons.